The van der Waals surface area contributed by atoms with E-state index in [9.17, 15) is 9.18 Å². The van der Waals surface area contributed by atoms with Gasteiger partial charge in [-0.15, -0.1) is 0 Å². The summed E-state index contributed by atoms with van der Waals surface area (Å²) in [6, 6.07) is 4.25. The Hall–Kier alpha value is -1.38. The Kier molecular flexibility index (Phi) is 3.12. The molecule has 15 heavy (non-hydrogen) atoms. The van der Waals surface area contributed by atoms with Gasteiger partial charge in [-0.2, -0.15) is 0 Å². The van der Waals surface area contributed by atoms with Crippen molar-refractivity contribution >= 4 is 5.97 Å². The Morgan fingerprint density at radius 3 is 2.47 bits per heavy atom. The van der Waals surface area contributed by atoms with Gasteiger partial charge < -0.3 is 5.11 Å². The molecule has 1 rings (SSSR count). The number of rotatable bonds is 2. The zero-order chi connectivity index (χ0) is 11.6. The van der Waals surface area contributed by atoms with Crippen LogP contribution >= 0.6 is 0 Å². The molecule has 0 aliphatic carbocycles. The average Bonchev–Trinajstić information content (AvgIpc) is 2.05. The number of hydrogen-bond donors (Lipinski definition) is 1. The lowest BCUT2D eigenvalue weighted by molar-refractivity contribution is 0.0691. The molecule has 0 heterocycles. The monoisotopic (exact) mass is 210 g/mol. The molecule has 82 valence electrons. The first-order valence-electron chi connectivity index (χ1n) is 4.81. The first-order chi connectivity index (χ1) is 6.79. The van der Waals surface area contributed by atoms with Gasteiger partial charge in [0.1, 0.15) is 5.82 Å². The summed E-state index contributed by atoms with van der Waals surface area (Å²) in [7, 11) is 0. The molecule has 1 aromatic rings. The van der Waals surface area contributed by atoms with E-state index in [1.807, 2.05) is 0 Å². The number of carboxylic acids is 1. The number of aromatic carboxylic acids is 1. The van der Waals surface area contributed by atoms with Gasteiger partial charge in [0, 0.05) is 0 Å². The minimum atomic E-state index is -1.22. The van der Waals surface area contributed by atoms with E-state index in [4.69, 9.17) is 5.11 Å². The third kappa shape index (κ3) is 3.35. The van der Waals surface area contributed by atoms with Gasteiger partial charge in [0.05, 0.1) is 5.56 Å². The van der Waals surface area contributed by atoms with Gasteiger partial charge in [0.2, 0.25) is 0 Å². The first kappa shape index (κ1) is 11.7. The van der Waals surface area contributed by atoms with Crippen LogP contribution in [0.4, 0.5) is 4.39 Å². The molecule has 0 aliphatic heterocycles. The Labute approximate surface area is 88.7 Å². The second-order valence-corrected chi connectivity index (χ2v) is 4.86. The predicted octanol–water partition coefficient (Wildman–Crippen LogP) is 3.11. The Morgan fingerprint density at radius 1 is 1.40 bits per heavy atom. The molecule has 0 aliphatic rings. The summed E-state index contributed by atoms with van der Waals surface area (Å²) in [5.41, 5.74) is 0.659. The van der Waals surface area contributed by atoms with Gasteiger partial charge in [0.25, 0.3) is 0 Å². The highest BCUT2D eigenvalue weighted by Gasteiger charge is 2.15. The number of hydrogen-bond acceptors (Lipinski definition) is 1. The van der Waals surface area contributed by atoms with E-state index in [0.717, 1.165) is 12.0 Å². The molecule has 0 unspecified atom stereocenters. The van der Waals surface area contributed by atoms with E-state index in [2.05, 4.69) is 20.8 Å². The smallest absolute Gasteiger partial charge is 0.338 e. The molecule has 1 N–H and O–H groups in total. The van der Waals surface area contributed by atoms with Crippen LogP contribution in [0.5, 0.6) is 0 Å². The zero-order valence-electron chi connectivity index (χ0n) is 9.17. The van der Waals surface area contributed by atoms with Crippen LogP contribution in [0.2, 0.25) is 0 Å². The molecule has 3 heteroatoms. The zero-order valence-corrected chi connectivity index (χ0v) is 9.17. The van der Waals surface area contributed by atoms with Gasteiger partial charge in [-0.3, -0.25) is 0 Å². The summed E-state index contributed by atoms with van der Waals surface area (Å²) in [6.45, 7) is 6.16. The number of carbonyl (C=O) groups is 1. The van der Waals surface area contributed by atoms with Gasteiger partial charge in [-0.25, -0.2) is 9.18 Å². The first-order valence-corrected chi connectivity index (χ1v) is 4.81. The summed E-state index contributed by atoms with van der Waals surface area (Å²) in [5.74, 6) is -1.90. The summed E-state index contributed by atoms with van der Waals surface area (Å²) < 4.78 is 13.1. The topological polar surface area (TPSA) is 37.3 Å². The van der Waals surface area contributed by atoms with Crippen molar-refractivity contribution < 1.29 is 14.3 Å². The maximum atomic E-state index is 13.1. The molecule has 0 amide bonds. The molecule has 0 saturated carbocycles. The quantitative estimate of drug-likeness (QED) is 0.814. The van der Waals surface area contributed by atoms with Crippen molar-refractivity contribution in [3.8, 4) is 0 Å². The standard InChI is InChI=1S/C12H15FO2/c1-12(2,3)7-8-4-5-10(13)9(6-8)11(14)15/h4-6H,7H2,1-3H3,(H,14,15). The highest BCUT2D eigenvalue weighted by atomic mass is 19.1. The predicted molar refractivity (Wildman–Crippen MR) is 56.5 cm³/mol. The van der Waals surface area contributed by atoms with Crippen LogP contribution in [0.15, 0.2) is 18.2 Å². The molecule has 2 nitrogen and oxygen atoms in total. The van der Waals surface area contributed by atoms with Crippen molar-refractivity contribution in [3.05, 3.63) is 35.1 Å². The van der Waals surface area contributed by atoms with Crippen LogP contribution in [0.3, 0.4) is 0 Å². The summed E-state index contributed by atoms with van der Waals surface area (Å²) in [4.78, 5) is 10.7. The van der Waals surface area contributed by atoms with E-state index in [-0.39, 0.29) is 11.0 Å². The van der Waals surface area contributed by atoms with Crippen LogP contribution in [0.25, 0.3) is 0 Å². The van der Waals surface area contributed by atoms with Gasteiger partial charge in [-0.1, -0.05) is 26.8 Å². The van der Waals surface area contributed by atoms with E-state index < -0.39 is 11.8 Å². The minimum absolute atomic E-state index is 0.0631. The molecular formula is C12H15FO2. The van der Waals surface area contributed by atoms with Crippen molar-refractivity contribution in [2.45, 2.75) is 27.2 Å². The molecule has 0 radical (unpaired) electrons. The third-order valence-corrected chi connectivity index (χ3v) is 2.00. The number of halogens is 1. The molecule has 0 atom stereocenters. The van der Waals surface area contributed by atoms with Crippen LogP contribution in [-0.4, -0.2) is 11.1 Å². The third-order valence-electron chi connectivity index (χ3n) is 2.00. The van der Waals surface area contributed by atoms with E-state index in [1.54, 1.807) is 6.07 Å². The van der Waals surface area contributed by atoms with Crippen molar-refractivity contribution in [3.63, 3.8) is 0 Å². The Bertz CT molecular complexity index is 378. The van der Waals surface area contributed by atoms with Crippen LogP contribution in [0, 0.1) is 11.2 Å². The fourth-order valence-corrected chi connectivity index (χ4v) is 1.46. The lowest BCUT2D eigenvalue weighted by Gasteiger charge is -2.18. The lowest BCUT2D eigenvalue weighted by atomic mass is 9.87. The summed E-state index contributed by atoms with van der Waals surface area (Å²) in [6.07, 6.45) is 0.730. The van der Waals surface area contributed by atoms with E-state index in [1.165, 1.54) is 12.1 Å². The molecule has 0 saturated heterocycles. The molecule has 0 aromatic heterocycles. The maximum Gasteiger partial charge on any atom is 0.338 e. The highest BCUT2D eigenvalue weighted by Crippen LogP contribution is 2.22. The maximum absolute atomic E-state index is 13.1. The second kappa shape index (κ2) is 4.01. The second-order valence-electron chi connectivity index (χ2n) is 4.86. The van der Waals surface area contributed by atoms with Crippen LogP contribution in [-0.2, 0) is 6.42 Å². The fourth-order valence-electron chi connectivity index (χ4n) is 1.46. The van der Waals surface area contributed by atoms with Crippen molar-refractivity contribution in [1.29, 1.82) is 0 Å². The van der Waals surface area contributed by atoms with Gasteiger partial charge in [0.15, 0.2) is 0 Å². The van der Waals surface area contributed by atoms with Crippen molar-refractivity contribution in [1.82, 2.24) is 0 Å². The molecule has 1 aromatic carbocycles. The number of benzene rings is 1. The van der Waals surface area contributed by atoms with Crippen LogP contribution < -0.4 is 0 Å². The molecule has 0 bridgehead atoms. The van der Waals surface area contributed by atoms with Crippen molar-refractivity contribution in [2.75, 3.05) is 0 Å². The fraction of sp³-hybridized carbons (Fsp3) is 0.417. The summed E-state index contributed by atoms with van der Waals surface area (Å²) >= 11 is 0. The largest absolute Gasteiger partial charge is 0.478 e. The lowest BCUT2D eigenvalue weighted by Crippen LogP contribution is -2.10. The van der Waals surface area contributed by atoms with Gasteiger partial charge >= 0.3 is 5.97 Å². The van der Waals surface area contributed by atoms with E-state index in [0.29, 0.717) is 0 Å². The van der Waals surface area contributed by atoms with E-state index >= 15 is 0 Å². The normalized spacial score (nSPS) is 11.5. The number of carboxylic acid groups (broad SMARTS) is 1. The summed E-state index contributed by atoms with van der Waals surface area (Å²) in [5, 5.41) is 8.75. The Balaban J connectivity index is 3.03. The minimum Gasteiger partial charge on any atom is -0.478 e. The van der Waals surface area contributed by atoms with Gasteiger partial charge in [-0.05, 0) is 29.5 Å². The molecule has 0 spiro atoms. The molecule has 0 fully saturated rings. The van der Waals surface area contributed by atoms with Crippen molar-refractivity contribution in [2.24, 2.45) is 5.41 Å². The molecular weight excluding hydrogens is 195 g/mol. The van der Waals surface area contributed by atoms with Crippen LogP contribution in [0.1, 0.15) is 36.7 Å². The SMILES string of the molecule is CC(C)(C)Cc1ccc(F)c(C(=O)O)c1. The average molecular weight is 210 g/mol. The highest BCUT2D eigenvalue weighted by molar-refractivity contribution is 5.88. The Morgan fingerprint density at radius 2 is 2.00 bits per heavy atom.